The van der Waals surface area contributed by atoms with Gasteiger partial charge in [-0.2, -0.15) is 0 Å². The van der Waals surface area contributed by atoms with Crippen LogP contribution in [0.5, 0.6) is 0 Å². The van der Waals surface area contributed by atoms with Crippen LogP contribution in [-0.2, 0) is 20.8 Å². The van der Waals surface area contributed by atoms with Gasteiger partial charge in [-0.1, -0.05) is 0 Å². The van der Waals surface area contributed by atoms with E-state index >= 15 is 0 Å². The van der Waals surface area contributed by atoms with E-state index in [9.17, 15) is 0 Å². The van der Waals surface area contributed by atoms with E-state index in [0.717, 1.165) is 43.5 Å². The van der Waals surface area contributed by atoms with Crippen molar-refractivity contribution < 1.29 is 14.2 Å². The summed E-state index contributed by atoms with van der Waals surface area (Å²) in [6, 6.07) is 2.02. The van der Waals surface area contributed by atoms with Crippen LogP contribution in [0.25, 0.3) is 0 Å². The zero-order chi connectivity index (χ0) is 14.0. The predicted octanol–water partition coefficient (Wildman–Crippen LogP) is 0.927. The Bertz CT molecular complexity index is 475. The van der Waals surface area contributed by atoms with Gasteiger partial charge in [0.25, 0.3) is 0 Å². The molecule has 1 atom stereocenters. The highest BCUT2D eigenvalue weighted by Crippen LogP contribution is 2.29. The van der Waals surface area contributed by atoms with E-state index in [1.165, 1.54) is 0 Å². The summed E-state index contributed by atoms with van der Waals surface area (Å²) >= 11 is 0. The lowest BCUT2D eigenvalue weighted by molar-refractivity contribution is -0.0581. The fourth-order valence-corrected chi connectivity index (χ4v) is 2.84. The number of aromatic nitrogens is 2. The van der Waals surface area contributed by atoms with Crippen molar-refractivity contribution in [1.29, 1.82) is 0 Å². The second-order valence-corrected chi connectivity index (χ2v) is 5.47. The summed E-state index contributed by atoms with van der Waals surface area (Å²) in [5, 5.41) is 0. The van der Waals surface area contributed by atoms with Crippen LogP contribution in [0, 0.1) is 6.92 Å². The van der Waals surface area contributed by atoms with Crippen molar-refractivity contribution in [3.8, 4) is 0 Å². The van der Waals surface area contributed by atoms with E-state index < -0.39 is 0 Å². The van der Waals surface area contributed by atoms with E-state index in [1.807, 2.05) is 13.0 Å². The number of anilines is 1. The molecule has 0 aliphatic carbocycles. The number of methoxy groups -OCH3 is 1. The fraction of sp³-hybridized carbons (Fsp3) is 0.714. The molecule has 1 unspecified atom stereocenters. The molecule has 2 saturated heterocycles. The summed E-state index contributed by atoms with van der Waals surface area (Å²) in [5.74, 6) is 1.69. The normalized spacial score (nSPS) is 26.4. The average Bonchev–Trinajstić information content (AvgIpc) is 2.86. The van der Waals surface area contributed by atoms with Crippen molar-refractivity contribution in [3.63, 3.8) is 0 Å². The minimum Gasteiger partial charge on any atom is -0.378 e. The van der Waals surface area contributed by atoms with Gasteiger partial charge in [0, 0.05) is 38.4 Å². The molecule has 0 amide bonds. The van der Waals surface area contributed by atoms with Gasteiger partial charge in [0.2, 0.25) is 0 Å². The Kier molecular flexibility index (Phi) is 3.87. The Morgan fingerprint density at radius 1 is 1.40 bits per heavy atom. The summed E-state index contributed by atoms with van der Waals surface area (Å²) in [7, 11) is 1.66. The van der Waals surface area contributed by atoms with Crippen LogP contribution in [0.4, 0.5) is 5.82 Å². The second-order valence-electron chi connectivity index (χ2n) is 5.47. The number of aryl methyl sites for hydroxylation is 1. The van der Waals surface area contributed by atoms with E-state index in [4.69, 9.17) is 14.2 Å². The number of ether oxygens (including phenoxy) is 3. The first-order valence-electron chi connectivity index (χ1n) is 7.01. The topological polar surface area (TPSA) is 56.7 Å². The fourth-order valence-electron chi connectivity index (χ4n) is 2.84. The lowest BCUT2D eigenvalue weighted by Gasteiger charge is -2.40. The van der Waals surface area contributed by atoms with Gasteiger partial charge in [0.15, 0.2) is 5.82 Å². The molecule has 2 aliphatic rings. The molecule has 0 radical (unpaired) electrons. The Balaban J connectivity index is 1.81. The van der Waals surface area contributed by atoms with Crippen molar-refractivity contribution in [3.05, 3.63) is 17.6 Å². The molecule has 2 fully saturated rings. The number of hydrogen-bond acceptors (Lipinski definition) is 6. The maximum absolute atomic E-state index is 5.95. The first-order valence-corrected chi connectivity index (χ1v) is 7.01. The highest BCUT2D eigenvalue weighted by atomic mass is 16.6. The molecule has 0 saturated carbocycles. The van der Waals surface area contributed by atoms with Crippen molar-refractivity contribution in [2.45, 2.75) is 25.6 Å². The van der Waals surface area contributed by atoms with Gasteiger partial charge < -0.3 is 19.1 Å². The zero-order valence-electron chi connectivity index (χ0n) is 12.1. The van der Waals surface area contributed by atoms with Crippen LogP contribution in [0.2, 0.25) is 0 Å². The van der Waals surface area contributed by atoms with Crippen molar-refractivity contribution in [2.75, 3.05) is 44.9 Å². The molecule has 6 nitrogen and oxygen atoms in total. The van der Waals surface area contributed by atoms with Crippen LogP contribution < -0.4 is 4.90 Å². The molecule has 6 heteroatoms. The van der Waals surface area contributed by atoms with Gasteiger partial charge in [-0.15, -0.1) is 0 Å². The molecule has 0 bridgehead atoms. The van der Waals surface area contributed by atoms with E-state index in [1.54, 1.807) is 7.11 Å². The largest absolute Gasteiger partial charge is 0.378 e. The molecule has 1 aromatic rings. The third-order valence-electron chi connectivity index (χ3n) is 3.80. The minimum atomic E-state index is -0.154. The van der Waals surface area contributed by atoms with E-state index in [0.29, 0.717) is 19.8 Å². The molecule has 1 spiro atoms. The lowest BCUT2D eigenvalue weighted by atomic mass is 10.0. The highest BCUT2D eigenvalue weighted by Gasteiger charge is 2.40. The summed E-state index contributed by atoms with van der Waals surface area (Å²) in [6.45, 7) is 6.28. The maximum Gasteiger partial charge on any atom is 0.156 e. The monoisotopic (exact) mass is 279 g/mol. The summed E-state index contributed by atoms with van der Waals surface area (Å²) < 4.78 is 16.6. The van der Waals surface area contributed by atoms with Gasteiger partial charge in [-0.25, -0.2) is 9.97 Å². The molecule has 20 heavy (non-hydrogen) atoms. The predicted molar refractivity (Wildman–Crippen MR) is 73.8 cm³/mol. The second kappa shape index (κ2) is 5.63. The quantitative estimate of drug-likeness (QED) is 0.820. The highest BCUT2D eigenvalue weighted by molar-refractivity contribution is 5.41. The number of rotatable bonds is 3. The summed E-state index contributed by atoms with van der Waals surface area (Å²) in [5.41, 5.74) is 0.809. The molecular formula is C14H21N3O3. The van der Waals surface area contributed by atoms with Crippen LogP contribution in [0.1, 0.15) is 17.9 Å². The van der Waals surface area contributed by atoms with Crippen molar-refractivity contribution >= 4 is 5.82 Å². The molecule has 110 valence electrons. The van der Waals surface area contributed by atoms with E-state index in [2.05, 4.69) is 14.9 Å². The van der Waals surface area contributed by atoms with Gasteiger partial charge in [-0.3, -0.25) is 0 Å². The Hall–Kier alpha value is -1.24. The van der Waals surface area contributed by atoms with Crippen LogP contribution >= 0.6 is 0 Å². The summed E-state index contributed by atoms with van der Waals surface area (Å²) in [4.78, 5) is 11.3. The van der Waals surface area contributed by atoms with Crippen LogP contribution in [-0.4, -0.2) is 55.6 Å². The van der Waals surface area contributed by atoms with Crippen molar-refractivity contribution in [1.82, 2.24) is 9.97 Å². The number of hydrogen-bond donors (Lipinski definition) is 0. The lowest BCUT2D eigenvalue weighted by Crippen LogP contribution is -2.52. The molecule has 3 rings (SSSR count). The zero-order valence-corrected chi connectivity index (χ0v) is 12.1. The first-order chi connectivity index (χ1) is 9.71. The van der Waals surface area contributed by atoms with Crippen LogP contribution in [0.15, 0.2) is 6.07 Å². The third-order valence-corrected chi connectivity index (χ3v) is 3.80. The van der Waals surface area contributed by atoms with Crippen molar-refractivity contribution in [2.24, 2.45) is 0 Å². The number of nitrogens with zero attached hydrogens (tertiary/aromatic N) is 3. The van der Waals surface area contributed by atoms with Gasteiger partial charge in [0.05, 0.1) is 19.8 Å². The molecular weight excluding hydrogens is 258 g/mol. The Morgan fingerprint density at radius 2 is 2.30 bits per heavy atom. The Morgan fingerprint density at radius 3 is 3.05 bits per heavy atom. The minimum absolute atomic E-state index is 0.154. The molecule has 0 aromatic carbocycles. The molecule has 2 aliphatic heterocycles. The van der Waals surface area contributed by atoms with Gasteiger partial charge >= 0.3 is 0 Å². The smallest absolute Gasteiger partial charge is 0.156 e. The maximum atomic E-state index is 5.95. The average molecular weight is 279 g/mol. The SMILES string of the molecule is COCc1nc(C)cc(N2CCOC3(CCOC3)C2)n1. The number of morpholine rings is 1. The third kappa shape index (κ3) is 2.77. The molecule has 0 N–H and O–H groups in total. The van der Waals surface area contributed by atoms with Crippen LogP contribution in [0.3, 0.4) is 0 Å². The standard InChI is InChI=1S/C14H21N3O3/c1-11-7-13(16-12(15-11)8-18-2)17-4-6-20-14(9-17)3-5-19-10-14/h7H,3-6,8-10H2,1-2H3. The van der Waals surface area contributed by atoms with Gasteiger partial charge in [-0.05, 0) is 6.92 Å². The van der Waals surface area contributed by atoms with E-state index in [-0.39, 0.29) is 5.60 Å². The van der Waals surface area contributed by atoms with Gasteiger partial charge in [0.1, 0.15) is 18.0 Å². The Labute approximate surface area is 119 Å². The first kappa shape index (κ1) is 13.7. The molecule has 3 heterocycles. The molecule has 1 aromatic heterocycles. The summed E-state index contributed by atoms with van der Waals surface area (Å²) in [6.07, 6.45) is 0.957.